The summed E-state index contributed by atoms with van der Waals surface area (Å²) in [6.07, 6.45) is 0. The van der Waals surface area contributed by atoms with E-state index in [1.165, 1.54) is 0 Å². The summed E-state index contributed by atoms with van der Waals surface area (Å²) >= 11 is 0. The van der Waals surface area contributed by atoms with Crippen molar-refractivity contribution in [2.45, 2.75) is 0 Å². The standard InChI is InChI=1S/C10H6N4O2.K/c15-9-10(16)14-8-7(13-9)11-5-3-1-2-4-6(5)12-8;/h1-4H,(H,11,13,15)(H,12,14,16);/q;+1. The summed E-state index contributed by atoms with van der Waals surface area (Å²) in [6, 6.07) is 7.22. The van der Waals surface area contributed by atoms with E-state index in [-0.39, 0.29) is 62.7 Å². The van der Waals surface area contributed by atoms with Gasteiger partial charge in [-0.05, 0) is 12.1 Å². The van der Waals surface area contributed by atoms with Gasteiger partial charge in [-0.15, -0.1) is 0 Å². The number of hydrogen-bond acceptors (Lipinski definition) is 4. The first-order valence-electron chi connectivity index (χ1n) is 4.63. The van der Waals surface area contributed by atoms with Gasteiger partial charge in [0.05, 0.1) is 11.0 Å². The van der Waals surface area contributed by atoms with Crippen molar-refractivity contribution in [2.75, 3.05) is 0 Å². The van der Waals surface area contributed by atoms with E-state index in [1.54, 1.807) is 12.1 Å². The van der Waals surface area contributed by atoms with E-state index in [1.807, 2.05) is 12.1 Å². The molecule has 7 heteroatoms. The van der Waals surface area contributed by atoms with E-state index in [0.29, 0.717) is 11.0 Å². The summed E-state index contributed by atoms with van der Waals surface area (Å²) in [5.41, 5.74) is 0.441. The number of H-pyrrole nitrogens is 2. The molecule has 78 valence electrons. The van der Waals surface area contributed by atoms with Crippen LogP contribution in [0.2, 0.25) is 0 Å². The van der Waals surface area contributed by atoms with Gasteiger partial charge in [0, 0.05) is 0 Å². The molecule has 0 radical (unpaired) electrons. The molecule has 0 spiro atoms. The predicted molar refractivity (Wildman–Crippen MR) is 58.3 cm³/mol. The van der Waals surface area contributed by atoms with Gasteiger partial charge in [-0.1, -0.05) is 12.1 Å². The molecule has 6 nitrogen and oxygen atoms in total. The van der Waals surface area contributed by atoms with Gasteiger partial charge >= 0.3 is 62.5 Å². The molecule has 2 aromatic heterocycles. The van der Waals surface area contributed by atoms with Gasteiger partial charge in [0.2, 0.25) is 0 Å². The molecule has 0 saturated heterocycles. The number of benzene rings is 1. The number of para-hydroxylation sites is 2. The number of nitrogens with zero attached hydrogens (tertiary/aromatic N) is 2. The summed E-state index contributed by atoms with van der Waals surface area (Å²) in [6.45, 7) is 0. The van der Waals surface area contributed by atoms with Crippen LogP contribution >= 0.6 is 0 Å². The van der Waals surface area contributed by atoms with Crippen molar-refractivity contribution in [3.63, 3.8) is 0 Å². The predicted octanol–water partition coefficient (Wildman–Crippen LogP) is -2.84. The van der Waals surface area contributed by atoms with E-state index in [2.05, 4.69) is 19.9 Å². The van der Waals surface area contributed by atoms with Crippen LogP contribution in [0, 0.1) is 0 Å². The topological polar surface area (TPSA) is 91.5 Å². The largest absolute Gasteiger partial charge is 1.00 e. The molecule has 0 unspecified atom stereocenters. The molecule has 1 aromatic carbocycles. The Morgan fingerprint density at radius 2 is 1.24 bits per heavy atom. The van der Waals surface area contributed by atoms with Crippen LogP contribution in [0.15, 0.2) is 33.9 Å². The molecule has 3 aromatic rings. The molecule has 0 amide bonds. The molecule has 2 heterocycles. The Balaban J connectivity index is 0.00000108. The van der Waals surface area contributed by atoms with Crippen LogP contribution in [0.1, 0.15) is 0 Å². The minimum Gasteiger partial charge on any atom is -0.299 e. The fraction of sp³-hybridized carbons (Fsp3) is 0. The van der Waals surface area contributed by atoms with E-state index < -0.39 is 11.1 Å². The minimum absolute atomic E-state index is 0. The van der Waals surface area contributed by atoms with Crippen LogP contribution in [0.4, 0.5) is 0 Å². The van der Waals surface area contributed by atoms with Gasteiger partial charge in [0.1, 0.15) is 0 Å². The number of nitrogens with one attached hydrogen (secondary N) is 2. The number of rotatable bonds is 0. The summed E-state index contributed by atoms with van der Waals surface area (Å²) in [5.74, 6) is 0. The molecule has 0 aliphatic carbocycles. The van der Waals surface area contributed by atoms with Crippen LogP contribution in [-0.2, 0) is 0 Å². The second-order valence-corrected chi connectivity index (χ2v) is 3.32. The van der Waals surface area contributed by atoms with Gasteiger partial charge in [-0.25, -0.2) is 9.97 Å². The molecule has 0 aliphatic heterocycles. The van der Waals surface area contributed by atoms with Crippen LogP contribution in [0.5, 0.6) is 0 Å². The van der Waals surface area contributed by atoms with Crippen LogP contribution in [0.3, 0.4) is 0 Å². The molecular formula is C10H6KN4O2+. The number of fused-ring (bicyclic) bond motifs is 2. The second kappa shape index (κ2) is 4.79. The van der Waals surface area contributed by atoms with Gasteiger partial charge < -0.3 is 0 Å². The average Bonchev–Trinajstić information content (AvgIpc) is 2.28. The molecule has 3 rings (SSSR count). The number of aromatic nitrogens is 4. The molecule has 0 aliphatic rings. The number of aromatic amines is 2. The van der Waals surface area contributed by atoms with Crippen molar-refractivity contribution in [3.8, 4) is 0 Å². The maximum atomic E-state index is 11.1. The molecule has 0 saturated carbocycles. The SMILES string of the molecule is O=c1[nH]c2nc3ccccc3nc2[nH]c1=O.[K+]. The zero-order valence-electron chi connectivity index (χ0n) is 9.02. The second-order valence-electron chi connectivity index (χ2n) is 3.32. The van der Waals surface area contributed by atoms with Gasteiger partial charge in [-0.3, -0.25) is 19.6 Å². The normalized spacial score (nSPS) is 10.4. The summed E-state index contributed by atoms with van der Waals surface area (Å²) in [4.78, 5) is 35.3. The minimum atomic E-state index is -0.725. The molecular weight excluding hydrogens is 247 g/mol. The van der Waals surface area contributed by atoms with E-state index in [4.69, 9.17) is 0 Å². The Labute approximate surface area is 137 Å². The Hall–Kier alpha value is -0.864. The zero-order chi connectivity index (χ0) is 11.1. The third kappa shape index (κ3) is 2.24. The molecule has 2 N–H and O–H groups in total. The van der Waals surface area contributed by atoms with Crippen molar-refractivity contribution in [1.82, 2.24) is 19.9 Å². The van der Waals surface area contributed by atoms with Crippen molar-refractivity contribution < 1.29 is 51.4 Å². The summed E-state index contributed by atoms with van der Waals surface area (Å²) in [7, 11) is 0. The van der Waals surface area contributed by atoms with Crippen molar-refractivity contribution in [3.05, 3.63) is 45.0 Å². The van der Waals surface area contributed by atoms with Gasteiger partial charge in [0.15, 0.2) is 11.3 Å². The fourth-order valence-corrected chi connectivity index (χ4v) is 1.50. The Morgan fingerprint density at radius 1 is 0.824 bits per heavy atom. The van der Waals surface area contributed by atoms with Crippen LogP contribution < -0.4 is 62.5 Å². The summed E-state index contributed by atoms with van der Waals surface area (Å²) in [5, 5.41) is 0. The van der Waals surface area contributed by atoms with Crippen molar-refractivity contribution in [2.24, 2.45) is 0 Å². The average molecular weight is 253 g/mol. The van der Waals surface area contributed by atoms with E-state index in [0.717, 1.165) is 0 Å². The molecule has 0 atom stereocenters. The third-order valence-electron chi connectivity index (χ3n) is 2.24. The first kappa shape index (κ1) is 12.6. The first-order chi connectivity index (χ1) is 7.74. The molecule has 0 bridgehead atoms. The Bertz CT molecular complexity index is 740. The van der Waals surface area contributed by atoms with Crippen LogP contribution in [-0.4, -0.2) is 19.9 Å². The third-order valence-corrected chi connectivity index (χ3v) is 2.24. The van der Waals surface area contributed by atoms with Crippen molar-refractivity contribution >= 4 is 22.3 Å². The smallest absolute Gasteiger partial charge is 0.299 e. The fourth-order valence-electron chi connectivity index (χ4n) is 1.50. The number of hydrogen-bond donors (Lipinski definition) is 2. The monoisotopic (exact) mass is 253 g/mol. The quantitative estimate of drug-likeness (QED) is 0.256. The zero-order valence-corrected chi connectivity index (χ0v) is 12.1. The Morgan fingerprint density at radius 3 is 1.65 bits per heavy atom. The first-order valence-corrected chi connectivity index (χ1v) is 4.63. The van der Waals surface area contributed by atoms with Crippen molar-refractivity contribution in [1.29, 1.82) is 0 Å². The van der Waals surface area contributed by atoms with Gasteiger partial charge in [0.25, 0.3) is 0 Å². The summed E-state index contributed by atoms with van der Waals surface area (Å²) < 4.78 is 0. The van der Waals surface area contributed by atoms with Crippen LogP contribution in [0.25, 0.3) is 22.3 Å². The molecule has 17 heavy (non-hydrogen) atoms. The van der Waals surface area contributed by atoms with E-state index in [9.17, 15) is 9.59 Å². The molecule has 0 fully saturated rings. The van der Waals surface area contributed by atoms with E-state index >= 15 is 0 Å². The maximum absolute atomic E-state index is 11.1. The Kier molecular flexibility index (Phi) is 3.55. The maximum Gasteiger partial charge on any atom is 1.00 e. The van der Waals surface area contributed by atoms with Gasteiger partial charge in [-0.2, -0.15) is 0 Å².